The number of ether oxygens (including phenoxy) is 2. The first kappa shape index (κ1) is 29.0. The van der Waals surface area contributed by atoms with E-state index < -0.39 is 51.4 Å². The summed E-state index contributed by atoms with van der Waals surface area (Å²) in [6, 6.07) is 3.66. The third-order valence-corrected chi connectivity index (χ3v) is 7.46. The second kappa shape index (κ2) is 9.64. The van der Waals surface area contributed by atoms with E-state index in [2.05, 4.69) is 0 Å². The van der Waals surface area contributed by atoms with Crippen LogP contribution in [0.15, 0.2) is 24.3 Å². The molecule has 0 radical (unpaired) electrons. The second-order valence-electron chi connectivity index (χ2n) is 11.7. The summed E-state index contributed by atoms with van der Waals surface area (Å²) in [5.74, 6) is 0. The lowest BCUT2D eigenvalue weighted by Gasteiger charge is -2.60. The molecule has 0 atom stereocenters. The fourth-order valence-electron chi connectivity index (χ4n) is 4.47. The van der Waals surface area contributed by atoms with Crippen molar-refractivity contribution in [1.29, 1.82) is 0 Å². The van der Waals surface area contributed by atoms with Gasteiger partial charge in [0.1, 0.15) is 11.2 Å². The monoisotopic (exact) mass is 549 g/mol. The molecule has 1 aliphatic carbocycles. The van der Waals surface area contributed by atoms with Crippen LogP contribution in [-0.4, -0.2) is 60.1 Å². The van der Waals surface area contributed by atoms with Crippen molar-refractivity contribution in [2.75, 3.05) is 13.1 Å². The predicted octanol–water partition coefficient (Wildman–Crippen LogP) is 4.68. The highest BCUT2D eigenvalue weighted by atomic mass is 32.2. The highest BCUT2D eigenvalue weighted by Crippen LogP contribution is 2.51. The Labute approximate surface area is 215 Å². The molecule has 1 saturated carbocycles. The van der Waals surface area contributed by atoms with Gasteiger partial charge in [0.25, 0.3) is 0 Å². The lowest BCUT2D eigenvalue weighted by Crippen LogP contribution is -2.68. The zero-order valence-electron chi connectivity index (χ0n) is 21.8. The van der Waals surface area contributed by atoms with E-state index in [1.54, 1.807) is 46.4 Å². The Kier molecular flexibility index (Phi) is 7.57. The molecule has 2 amide bonds. The number of halogens is 3. The normalized spacial score (nSPS) is 18.3. The third-order valence-electron chi connectivity index (χ3n) is 5.99. The smallest absolute Gasteiger partial charge is 0.422 e. The van der Waals surface area contributed by atoms with Gasteiger partial charge in [-0.2, -0.15) is 25.9 Å². The Bertz CT molecular complexity index is 1110. The van der Waals surface area contributed by atoms with E-state index in [1.165, 1.54) is 12.1 Å². The number of nitrogens with one attached hydrogen (secondary N) is 1. The van der Waals surface area contributed by atoms with Gasteiger partial charge in [0.05, 0.1) is 5.56 Å². The van der Waals surface area contributed by atoms with Gasteiger partial charge in [-0.1, -0.05) is 12.1 Å². The predicted molar refractivity (Wildman–Crippen MR) is 129 cm³/mol. The minimum atomic E-state index is -4.52. The number of alkyl halides is 3. The minimum Gasteiger partial charge on any atom is -0.444 e. The van der Waals surface area contributed by atoms with Crippen molar-refractivity contribution in [3.05, 3.63) is 35.4 Å². The molecule has 13 heteroatoms. The van der Waals surface area contributed by atoms with Crippen LogP contribution in [0.5, 0.6) is 0 Å². The summed E-state index contributed by atoms with van der Waals surface area (Å²) in [5, 5.41) is 0. The summed E-state index contributed by atoms with van der Waals surface area (Å²) in [6.45, 7) is 10.6. The van der Waals surface area contributed by atoms with E-state index in [-0.39, 0.29) is 12.0 Å². The van der Waals surface area contributed by atoms with Crippen molar-refractivity contribution in [1.82, 2.24) is 13.9 Å². The molecular weight excluding hydrogens is 515 g/mol. The SMILES string of the molecule is CC(C)(C)OC(=O)NS(=O)(=O)N(Cc1ccc(C(F)(F)F)cc1)C1CC2(C1)CN(C(=O)OC(C)(C)C)C2. The molecule has 1 spiro atoms. The number of amides is 2. The number of hydrogen-bond acceptors (Lipinski definition) is 6. The van der Waals surface area contributed by atoms with Crippen LogP contribution in [-0.2, 0) is 32.4 Å². The maximum atomic E-state index is 13.2. The van der Waals surface area contributed by atoms with Gasteiger partial charge in [0.15, 0.2) is 0 Å². The van der Waals surface area contributed by atoms with Gasteiger partial charge in [-0.15, -0.1) is 0 Å². The molecule has 1 aromatic carbocycles. The van der Waals surface area contributed by atoms with E-state index in [9.17, 15) is 31.2 Å². The first-order valence-corrected chi connectivity index (χ1v) is 13.3. The van der Waals surface area contributed by atoms with Crippen molar-refractivity contribution in [2.45, 2.75) is 84.3 Å². The first-order chi connectivity index (χ1) is 16.7. The van der Waals surface area contributed by atoms with Crippen molar-refractivity contribution in [3.63, 3.8) is 0 Å². The molecule has 3 rings (SSSR count). The van der Waals surface area contributed by atoms with Crippen LogP contribution in [0.2, 0.25) is 0 Å². The van der Waals surface area contributed by atoms with Gasteiger partial charge in [0, 0.05) is 31.1 Å². The van der Waals surface area contributed by atoms with Gasteiger partial charge in [-0.05, 0) is 72.1 Å². The van der Waals surface area contributed by atoms with E-state index in [0.29, 0.717) is 31.5 Å². The van der Waals surface area contributed by atoms with Crippen LogP contribution in [0, 0.1) is 5.41 Å². The molecule has 1 saturated heterocycles. The second-order valence-corrected chi connectivity index (χ2v) is 13.4. The topological polar surface area (TPSA) is 105 Å². The Morgan fingerprint density at radius 2 is 1.51 bits per heavy atom. The van der Waals surface area contributed by atoms with E-state index in [4.69, 9.17) is 9.47 Å². The number of carbonyl (C=O) groups excluding carboxylic acids is 2. The molecule has 0 bridgehead atoms. The van der Waals surface area contributed by atoms with Crippen molar-refractivity contribution in [2.24, 2.45) is 5.41 Å². The Morgan fingerprint density at radius 3 is 1.97 bits per heavy atom. The summed E-state index contributed by atoms with van der Waals surface area (Å²) in [5.41, 5.74) is -2.37. The summed E-state index contributed by atoms with van der Waals surface area (Å²) in [4.78, 5) is 26.0. The maximum absolute atomic E-state index is 13.2. The summed E-state index contributed by atoms with van der Waals surface area (Å²) >= 11 is 0. The number of hydrogen-bond donors (Lipinski definition) is 1. The number of nitrogens with zero attached hydrogens (tertiary/aromatic N) is 2. The van der Waals surface area contributed by atoms with Crippen molar-refractivity contribution in [3.8, 4) is 0 Å². The molecule has 1 heterocycles. The zero-order valence-corrected chi connectivity index (χ0v) is 22.6. The molecule has 0 unspecified atom stereocenters. The first-order valence-electron chi connectivity index (χ1n) is 11.8. The molecule has 1 aromatic rings. The number of benzene rings is 1. The fraction of sp³-hybridized carbons (Fsp3) is 0.667. The molecule has 37 heavy (non-hydrogen) atoms. The van der Waals surface area contributed by atoms with Crippen LogP contribution in [0.1, 0.15) is 65.5 Å². The fourth-order valence-corrected chi connectivity index (χ4v) is 5.70. The molecule has 2 aliphatic rings. The minimum absolute atomic E-state index is 0.243. The average molecular weight is 550 g/mol. The lowest BCUT2D eigenvalue weighted by atomic mass is 9.60. The number of rotatable bonds is 5. The lowest BCUT2D eigenvalue weighted by molar-refractivity contribution is -0.137. The summed E-state index contributed by atoms with van der Waals surface area (Å²) < 4.78 is 78.6. The number of likely N-dealkylation sites (tertiary alicyclic amines) is 1. The molecule has 9 nitrogen and oxygen atoms in total. The van der Waals surface area contributed by atoms with Gasteiger partial charge >= 0.3 is 28.6 Å². The maximum Gasteiger partial charge on any atom is 0.422 e. The van der Waals surface area contributed by atoms with E-state index in [0.717, 1.165) is 16.4 Å². The highest BCUT2D eigenvalue weighted by molar-refractivity contribution is 7.87. The molecular formula is C24H34F3N3O6S. The Balaban J connectivity index is 1.73. The standard InChI is InChI=1S/C24H34F3N3O6S/c1-21(2,3)35-19(31)28-37(33,34)30(13-16-7-9-17(10-8-16)24(25,26)27)18-11-23(12-18)14-29(15-23)20(32)36-22(4,5)6/h7-10,18H,11-15H2,1-6H3,(H,28,31). The highest BCUT2D eigenvalue weighted by Gasteiger charge is 2.57. The van der Waals surface area contributed by atoms with Gasteiger partial charge in [-0.25, -0.2) is 14.3 Å². The van der Waals surface area contributed by atoms with Crippen LogP contribution >= 0.6 is 0 Å². The van der Waals surface area contributed by atoms with E-state index in [1.807, 2.05) is 4.72 Å². The van der Waals surface area contributed by atoms with Gasteiger partial charge < -0.3 is 14.4 Å². The Morgan fingerprint density at radius 1 is 1.00 bits per heavy atom. The number of carbonyl (C=O) groups is 2. The van der Waals surface area contributed by atoms with E-state index >= 15 is 0 Å². The summed E-state index contributed by atoms with van der Waals surface area (Å²) in [7, 11) is -4.40. The molecule has 2 fully saturated rings. The van der Waals surface area contributed by atoms with Crippen LogP contribution in [0.3, 0.4) is 0 Å². The van der Waals surface area contributed by atoms with Crippen LogP contribution in [0.4, 0.5) is 22.8 Å². The van der Waals surface area contributed by atoms with Crippen molar-refractivity contribution < 1.29 is 40.7 Å². The van der Waals surface area contributed by atoms with Crippen LogP contribution in [0.25, 0.3) is 0 Å². The quantitative estimate of drug-likeness (QED) is 0.572. The van der Waals surface area contributed by atoms with Gasteiger partial charge in [0.2, 0.25) is 0 Å². The zero-order chi connectivity index (χ0) is 28.0. The molecule has 1 aliphatic heterocycles. The van der Waals surface area contributed by atoms with Gasteiger partial charge in [-0.3, -0.25) is 0 Å². The van der Waals surface area contributed by atoms with Crippen LogP contribution < -0.4 is 4.72 Å². The largest absolute Gasteiger partial charge is 0.444 e. The average Bonchev–Trinajstić information content (AvgIpc) is 2.60. The Hall–Kier alpha value is -2.54. The molecule has 208 valence electrons. The molecule has 0 aromatic heterocycles. The van der Waals surface area contributed by atoms with Crippen molar-refractivity contribution >= 4 is 22.4 Å². The summed E-state index contributed by atoms with van der Waals surface area (Å²) in [6.07, 6.45) is -5.28. The molecule has 1 N–H and O–H groups in total. The third kappa shape index (κ3) is 7.50.